The Morgan fingerprint density at radius 1 is 1.39 bits per heavy atom. The summed E-state index contributed by atoms with van der Waals surface area (Å²) in [7, 11) is 3.08. The predicted molar refractivity (Wildman–Crippen MR) is 97.2 cm³/mol. The quantitative estimate of drug-likeness (QED) is 0.668. The van der Waals surface area contributed by atoms with Crippen molar-refractivity contribution in [2.24, 2.45) is 7.05 Å². The molecule has 0 aliphatic heterocycles. The van der Waals surface area contributed by atoms with E-state index in [1.165, 1.54) is 7.11 Å². The van der Waals surface area contributed by atoms with Gasteiger partial charge in [-0.15, -0.1) is 0 Å². The Kier molecular flexibility index (Phi) is 4.64. The number of benzene rings is 1. The van der Waals surface area contributed by atoms with Crippen molar-refractivity contribution in [3.63, 3.8) is 0 Å². The van der Waals surface area contributed by atoms with Gasteiger partial charge in [0, 0.05) is 18.8 Å². The van der Waals surface area contributed by atoms with E-state index in [4.69, 9.17) is 4.52 Å². The second-order valence-corrected chi connectivity index (χ2v) is 6.65. The minimum absolute atomic E-state index is 0.0445. The number of amides is 1. The highest BCUT2D eigenvalue weighted by atomic mass is 16.5. The topological polar surface area (TPSA) is 112 Å². The van der Waals surface area contributed by atoms with Crippen LogP contribution in [-0.2, 0) is 29.4 Å². The van der Waals surface area contributed by atoms with Gasteiger partial charge in [0.2, 0.25) is 11.7 Å². The monoisotopic (exact) mass is 381 g/mol. The summed E-state index contributed by atoms with van der Waals surface area (Å²) < 4.78 is 11.3. The van der Waals surface area contributed by atoms with Gasteiger partial charge in [-0.3, -0.25) is 14.3 Å². The lowest BCUT2D eigenvalue weighted by molar-refractivity contribution is -0.140. The van der Waals surface area contributed by atoms with E-state index in [-0.39, 0.29) is 24.3 Å². The Morgan fingerprint density at radius 2 is 2.25 bits per heavy atom. The van der Waals surface area contributed by atoms with Crippen LogP contribution in [0.25, 0.3) is 11.4 Å². The molecule has 4 rings (SSSR count). The van der Waals surface area contributed by atoms with Crippen LogP contribution in [-0.4, -0.2) is 38.9 Å². The number of nitrogens with zero attached hydrogens (tertiary/aromatic N) is 4. The van der Waals surface area contributed by atoms with Gasteiger partial charge >= 0.3 is 5.97 Å². The van der Waals surface area contributed by atoms with Crippen molar-refractivity contribution < 1.29 is 18.8 Å². The molecule has 2 aromatic heterocycles. The summed E-state index contributed by atoms with van der Waals surface area (Å²) in [6.07, 6.45) is 4.85. The maximum absolute atomic E-state index is 12.4. The molecule has 2 heterocycles. The number of fused-ring (bicyclic) bond motifs is 1. The van der Waals surface area contributed by atoms with Crippen LogP contribution in [0.15, 0.2) is 35.1 Å². The zero-order valence-electron chi connectivity index (χ0n) is 15.5. The number of carbonyl (C=O) groups excluding carboxylic acids is 2. The number of methoxy groups -OCH3 is 1. The van der Waals surface area contributed by atoms with Crippen LogP contribution in [0.5, 0.6) is 0 Å². The highest BCUT2D eigenvalue weighted by molar-refractivity contribution is 5.94. The van der Waals surface area contributed by atoms with Gasteiger partial charge in [0.1, 0.15) is 6.42 Å². The lowest BCUT2D eigenvalue weighted by Crippen LogP contribution is -2.26. The number of ether oxygens (including phenoxy) is 1. The van der Waals surface area contributed by atoms with E-state index >= 15 is 0 Å². The van der Waals surface area contributed by atoms with Crippen molar-refractivity contribution in [1.82, 2.24) is 25.2 Å². The largest absolute Gasteiger partial charge is 0.469 e. The molecule has 1 amide bonds. The molecule has 144 valence electrons. The maximum atomic E-state index is 12.4. The normalized spacial score (nSPS) is 15.3. The number of rotatable bonds is 5. The molecule has 0 unspecified atom stereocenters. The first kappa shape index (κ1) is 17.9. The van der Waals surface area contributed by atoms with Crippen molar-refractivity contribution in [2.75, 3.05) is 7.11 Å². The first-order valence-electron chi connectivity index (χ1n) is 8.85. The lowest BCUT2D eigenvalue weighted by Gasteiger charge is -2.13. The van der Waals surface area contributed by atoms with Crippen LogP contribution >= 0.6 is 0 Å². The fourth-order valence-corrected chi connectivity index (χ4v) is 3.33. The third-order valence-electron chi connectivity index (χ3n) is 4.74. The highest BCUT2D eigenvalue weighted by Gasteiger charge is 2.25. The molecular formula is C19H19N5O4. The van der Waals surface area contributed by atoms with E-state index < -0.39 is 5.97 Å². The van der Waals surface area contributed by atoms with Crippen molar-refractivity contribution >= 4 is 11.9 Å². The van der Waals surface area contributed by atoms with Gasteiger partial charge in [-0.25, -0.2) is 0 Å². The van der Waals surface area contributed by atoms with Gasteiger partial charge in [-0.2, -0.15) is 10.1 Å². The van der Waals surface area contributed by atoms with Crippen LogP contribution < -0.4 is 5.32 Å². The van der Waals surface area contributed by atoms with E-state index in [9.17, 15) is 9.59 Å². The smallest absolute Gasteiger partial charge is 0.315 e. The molecule has 0 spiro atoms. The van der Waals surface area contributed by atoms with Crippen molar-refractivity contribution in [3.05, 3.63) is 53.2 Å². The molecule has 1 aliphatic carbocycles. The Morgan fingerprint density at radius 3 is 3.00 bits per heavy atom. The predicted octanol–water partition coefficient (Wildman–Crippen LogP) is 1.60. The zero-order chi connectivity index (χ0) is 19.7. The molecule has 1 aromatic carbocycles. The number of aromatic nitrogens is 4. The van der Waals surface area contributed by atoms with Gasteiger partial charge in [-0.05, 0) is 30.0 Å². The van der Waals surface area contributed by atoms with E-state index in [1.807, 2.05) is 18.2 Å². The number of aryl methyl sites for hydroxylation is 2. The molecule has 1 N–H and O–H groups in total. The fraction of sp³-hybridized carbons (Fsp3) is 0.316. The van der Waals surface area contributed by atoms with Crippen LogP contribution in [0.4, 0.5) is 0 Å². The lowest BCUT2D eigenvalue weighted by atomic mass is 10.0. The zero-order valence-corrected chi connectivity index (χ0v) is 15.5. The Bertz CT molecular complexity index is 1040. The van der Waals surface area contributed by atoms with Crippen molar-refractivity contribution in [2.45, 2.75) is 25.3 Å². The number of hydrogen-bond donors (Lipinski definition) is 1. The molecule has 9 heteroatoms. The third-order valence-corrected chi connectivity index (χ3v) is 4.74. The van der Waals surface area contributed by atoms with Crippen LogP contribution in [0.3, 0.4) is 0 Å². The first-order chi connectivity index (χ1) is 13.5. The molecule has 9 nitrogen and oxygen atoms in total. The van der Waals surface area contributed by atoms with Gasteiger partial charge in [0.15, 0.2) is 0 Å². The number of esters is 1. The highest BCUT2D eigenvalue weighted by Crippen LogP contribution is 2.34. The van der Waals surface area contributed by atoms with Gasteiger partial charge < -0.3 is 14.6 Å². The molecule has 3 aromatic rings. The minimum atomic E-state index is -0.434. The number of carbonyl (C=O) groups is 2. The minimum Gasteiger partial charge on any atom is -0.469 e. The summed E-state index contributed by atoms with van der Waals surface area (Å²) in [5.74, 6) is 0.0607. The molecule has 0 radical (unpaired) electrons. The molecule has 1 atom stereocenters. The molecule has 28 heavy (non-hydrogen) atoms. The maximum Gasteiger partial charge on any atom is 0.315 e. The molecule has 0 fully saturated rings. The summed E-state index contributed by atoms with van der Waals surface area (Å²) in [5.41, 5.74) is 3.56. The van der Waals surface area contributed by atoms with E-state index in [0.717, 1.165) is 29.5 Å². The third kappa shape index (κ3) is 3.51. The summed E-state index contributed by atoms with van der Waals surface area (Å²) >= 11 is 0. The molecular weight excluding hydrogens is 362 g/mol. The van der Waals surface area contributed by atoms with E-state index in [1.54, 1.807) is 24.1 Å². The van der Waals surface area contributed by atoms with Crippen LogP contribution in [0.1, 0.15) is 39.8 Å². The fourth-order valence-electron chi connectivity index (χ4n) is 3.33. The Labute approximate surface area is 160 Å². The van der Waals surface area contributed by atoms with Crippen molar-refractivity contribution in [1.29, 1.82) is 0 Å². The molecule has 1 aliphatic rings. The number of nitrogens with one attached hydrogen (secondary N) is 1. The first-order valence-corrected chi connectivity index (χ1v) is 8.85. The van der Waals surface area contributed by atoms with Crippen LogP contribution in [0, 0.1) is 0 Å². The summed E-state index contributed by atoms with van der Waals surface area (Å²) in [6, 6.07) is 5.82. The number of hydrogen-bond acceptors (Lipinski definition) is 7. The molecule has 0 bridgehead atoms. The summed E-state index contributed by atoms with van der Waals surface area (Å²) in [4.78, 5) is 28.0. The molecule has 0 saturated heterocycles. The van der Waals surface area contributed by atoms with Gasteiger partial charge in [0.25, 0.3) is 5.91 Å². The Balaban J connectivity index is 1.49. The molecule has 0 saturated carbocycles. The van der Waals surface area contributed by atoms with E-state index in [0.29, 0.717) is 11.4 Å². The van der Waals surface area contributed by atoms with Gasteiger partial charge in [-0.1, -0.05) is 17.3 Å². The van der Waals surface area contributed by atoms with Gasteiger partial charge in [0.05, 0.1) is 24.9 Å². The SMILES string of the molecule is COC(=O)Cc1nc(-c2ccc3c(c2)CC[C@H]3NC(=O)c2cnn(C)c2)no1. The second-order valence-electron chi connectivity index (χ2n) is 6.65. The Hall–Kier alpha value is -3.49. The standard InChI is InChI=1S/C19H19N5O4/c1-24-10-13(9-20-24)19(26)21-15-6-4-11-7-12(3-5-14(11)15)18-22-16(28-23-18)8-17(25)27-2/h3,5,7,9-10,15H,4,6,8H2,1-2H3,(H,21,26)/t15-/m1/s1. The van der Waals surface area contributed by atoms with E-state index in [2.05, 4.69) is 25.3 Å². The van der Waals surface area contributed by atoms with Crippen molar-refractivity contribution in [3.8, 4) is 11.4 Å². The second kappa shape index (κ2) is 7.26. The summed E-state index contributed by atoms with van der Waals surface area (Å²) in [6.45, 7) is 0. The van der Waals surface area contributed by atoms with Crippen LogP contribution in [0.2, 0.25) is 0 Å². The average Bonchev–Trinajstić information content (AvgIpc) is 3.42. The summed E-state index contributed by atoms with van der Waals surface area (Å²) in [5, 5.41) is 11.0. The average molecular weight is 381 g/mol.